The fourth-order valence-electron chi connectivity index (χ4n) is 3.25. The molecule has 1 atom stereocenters. The minimum atomic E-state index is -2.83. The highest BCUT2D eigenvalue weighted by atomic mass is 19.3. The summed E-state index contributed by atoms with van der Waals surface area (Å²) in [6, 6.07) is 12.9. The van der Waals surface area contributed by atoms with Crippen LogP contribution in [0.1, 0.15) is 12.1 Å². The second-order valence-electron chi connectivity index (χ2n) is 6.49. The molecule has 0 bridgehead atoms. The first-order valence-corrected chi connectivity index (χ1v) is 9.31. The third kappa shape index (κ3) is 5.55. The van der Waals surface area contributed by atoms with Crippen LogP contribution in [0.3, 0.4) is 0 Å². The maximum atomic E-state index is 12.6. The fourth-order valence-corrected chi connectivity index (χ4v) is 3.25. The van der Waals surface area contributed by atoms with Crippen LogP contribution < -0.4 is 20.3 Å². The quantitative estimate of drug-likeness (QED) is 0.563. The van der Waals surface area contributed by atoms with Gasteiger partial charge in [-0.05, 0) is 30.7 Å². The smallest absolute Gasteiger partial charge is 0.387 e. The van der Waals surface area contributed by atoms with Gasteiger partial charge in [0.1, 0.15) is 5.75 Å². The molecule has 0 aliphatic carbocycles. The van der Waals surface area contributed by atoms with Crippen molar-refractivity contribution in [2.45, 2.75) is 25.5 Å². The molecule has 6 nitrogen and oxygen atoms in total. The monoisotopic (exact) mass is 389 g/mol. The molecule has 150 valence electrons. The van der Waals surface area contributed by atoms with Crippen molar-refractivity contribution in [3.05, 3.63) is 54.4 Å². The van der Waals surface area contributed by atoms with Crippen molar-refractivity contribution >= 4 is 11.6 Å². The second-order valence-corrected chi connectivity index (χ2v) is 6.49. The van der Waals surface area contributed by atoms with E-state index in [0.29, 0.717) is 12.2 Å². The van der Waals surface area contributed by atoms with Crippen molar-refractivity contribution in [3.8, 4) is 5.75 Å². The fraction of sp³-hybridized carbons (Fsp3) is 0.400. The van der Waals surface area contributed by atoms with Crippen molar-refractivity contribution in [1.29, 1.82) is 0 Å². The number of nitrogens with zero attached hydrogens (tertiary/aromatic N) is 3. The number of pyridine rings is 1. The summed E-state index contributed by atoms with van der Waals surface area (Å²) >= 11 is 0. The Hall–Kier alpha value is -2.90. The van der Waals surface area contributed by atoms with Crippen LogP contribution in [0.25, 0.3) is 0 Å². The van der Waals surface area contributed by atoms with Gasteiger partial charge in [-0.25, -0.2) is 0 Å². The molecule has 28 heavy (non-hydrogen) atoms. The zero-order valence-corrected chi connectivity index (χ0v) is 15.8. The molecule has 2 N–H and O–H groups in total. The summed E-state index contributed by atoms with van der Waals surface area (Å²) in [5.41, 5.74) is 1.71. The maximum absolute atomic E-state index is 12.6. The van der Waals surface area contributed by atoms with Gasteiger partial charge >= 0.3 is 6.61 Å². The number of ether oxygens (including phenoxy) is 1. The molecule has 2 heterocycles. The van der Waals surface area contributed by atoms with E-state index < -0.39 is 6.61 Å². The maximum Gasteiger partial charge on any atom is 0.387 e. The van der Waals surface area contributed by atoms with Gasteiger partial charge < -0.3 is 20.3 Å². The number of anilines is 1. The molecule has 1 saturated heterocycles. The van der Waals surface area contributed by atoms with Crippen LogP contribution in [0.15, 0.2) is 53.7 Å². The van der Waals surface area contributed by atoms with Crippen LogP contribution in [0.5, 0.6) is 5.75 Å². The first kappa shape index (κ1) is 19.9. The van der Waals surface area contributed by atoms with Gasteiger partial charge in [-0.15, -0.1) is 0 Å². The molecule has 0 saturated carbocycles. The standard InChI is InChI=1S/C20H25F2N5O/c1-23-20(25-12-9-15-6-4-5-11-24-15)26-16-10-13-27(14-16)17-7-2-3-8-18(17)28-19(21)22/h2-8,11,16,19H,9-10,12-14H2,1H3,(H2,23,25,26). The van der Waals surface area contributed by atoms with Gasteiger partial charge in [-0.1, -0.05) is 18.2 Å². The number of nitrogens with one attached hydrogen (secondary N) is 2. The van der Waals surface area contributed by atoms with Crippen LogP contribution in [0.4, 0.5) is 14.5 Å². The Morgan fingerprint density at radius 3 is 2.86 bits per heavy atom. The highest BCUT2D eigenvalue weighted by Crippen LogP contribution is 2.31. The van der Waals surface area contributed by atoms with Crippen molar-refractivity contribution < 1.29 is 13.5 Å². The first-order chi connectivity index (χ1) is 13.7. The Kier molecular flexibility index (Phi) is 7.00. The molecule has 2 aromatic rings. The van der Waals surface area contributed by atoms with Crippen molar-refractivity contribution in [2.24, 2.45) is 4.99 Å². The van der Waals surface area contributed by atoms with Gasteiger partial charge in [0, 0.05) is 51.0 Å². The molecular weight excluding hydrogens is 364 g/mol. The highest BCUT2D eigenvalue weighted by Gasteiger charge is 2.25. The number of guanidine groups is 1. The topological polar surface area (TPSA) is 61.8 Å². The summed E-state index contributed by atoms with van der Waals surface area (Å²) < 4.78 is 29.9. The molecule has 1 fully saturated rings. The lowest BCUT2D eigenvalue weighted by atomic mass is 10.2. The van der Waals surface area contributed by atoms with Crippen LogP contribution in [-0.2, 0) is 6.42 Å². The van der Waals surface area contributed by atoms with Gasteiger partial charge in [0.25, 0.3) is 0 Å². The largest absolute Gasteiger partial charge is 0.433 e. The van der Waals surface area contributed by atoms with Gasteiger partial charge in [0.05, 0.1) is 5.69 Å². The molecule has 1 aromatic heterocycles. The van der Waals surface area contributed by atoms with Crippen molar-refractivity contribution in [3.63, 3.8) is 0 Å². The van der Waals surface area contributed by atoms with Crippen LogP contribution in [0, 0.1) is 0 Å². The van der Waals surface area contributed by atoms with E-state index in [0.717, 1.165) is 37.6 Å². The average molecular weight is 389 g/mol. The predicted octanol–water partition coefficient (Wildman–Crippen LogP) is 2.67. The SMILES string of the molecule is CN=C(NCCc1ccccn1)NC1CCN(c2ccccc2OC(F)F)C1. The van der Waals surface area contributed by atoms with Gasteiger partial charge in [-0.3, -0.25) is 9.98 Å². The number of para-hydroxylation sites is 2. The second kappa shape index (κ2) is 9.87. The number of halogens is 2. The normalized spacial score (nSPS) is 17.1. The number of rotatable bonds is 7. The summed E-state index contributed by atoms with van der Waals surface area (Å²) in [5, 5.41) is 6.69. The van der Waals surface area contributed by atoms with Gasteiger partial charge in [-0.2, -0.15) is 8.78 Å². The minimum absolute atomic E-state index is 0.167. The van der Waals surface area contributed by atoms with Crippen molar-refractivity contribution in [2.75, 3.05) is 31.6 Å². The Bertz CT molecular complexity index is 772. The number of aliphatic imine (C=N–C) groups is 1. The number of alkyl halides is 2. The van der Waals surface area contributed by atoms with E-state index in [1.54, 1.807) is 31.4 Å². The summed E-state index contributed by atoms with van der Waals surface area (Å²) in [5.74, 6) is 0.927. The molecular formula is C20H25F2N5O. The van der Waals surface area contributed by atoms with E-state index in [1.165, 1.54) is 0 Å². The summed E-state index contributed by atoms with van der Waals surface area (Å²) in [6.45, 7) is -0.672. The molecule has 1 aliphatic rings. The first-order valence-electron chi connectivity index (χ1n) is 9.31. The molecule has 1 aromatic carbocycles. The average Bonchev–Trinajstić information content (AvgIpc) is 3.16. The summed E-state index contributed by atoms with van der Waals surface area (Å²) in [6.07, 6.45) is 3.46. The van der Waals surface area contributed by atoms with E-state index >= 15 is 0 Å². The van der Waals surface area contributed by atoms with Gasteiger partial charge in [0.15, 0.2) is 5.96 Å². The lowest BCUT2D eigenvalue weighted by Crippen LogP contribution is -2.45. The molecule has 3 rings (SSSR count). The third-order valence-corrected chi connectivity index (χ3v) is 4.57. The molecule has 1 aliphatic heterocycles. The highest BCUT2D eigenvalue weighted by molar-refractivity contribution is 5.80. The minimum Gasteiger partial charge on any atom is -0.433 e. The third-order valence-electron chi connectivity index (χ3n) is 4.57. The van der Waals surface area contributed by atoms with E-state index in [4.69, 9.17) is 0 Å². The molecule has 0 spiro atoms. The van der Waals surface area contributed by atoms with Gasteiger partial charge in [0.2, 0.25) is 0 Å². The number of aromatic nitrogens is 1. The lowest BCUT2D eigenvalue weighted by Gasteiger charge is -2.22. The van der Waals surface area contributed by atoms with Crippen LogP contribution in [0.2, 0.25) is 0 Å². The Morgan fingerprint density at radius 1 is 1.29 bits per heavy atom. The molecule has 8 heteroatoms. The lowest BCUT2D eigenvalue weighted by molar-refractivity contribution is -0.0495. The summed E-state index contributed by atoms with van der Waals surface area (Å²) in [7, 11) is 1.73. The van der Waals surface area contributed by atoms with Crippen molar-refractivity contribution in [1.82, 2.24) is 15.6 Å². The van der Waals surface area contributed by atoms with E-state index in [9.17, 15) is 8.78 Å². The Balaban J connectivity index is 1.51. The molecule has 0 amide bonds. The van der Waals surface area contributed by atoms with E-state index in [-0.39, 0.29) is 11.8 Å². The van der Waals surface area contributed by atoms with E-state index in [2.05, 4.69) is 30.2 Å². The summed E-state index contributed by atoms with van der Waals surface area (Å²) in [4.78, 5) is 10.6. The Morgan fingerprint density at radius 2 is 2.11 bits per heavy atom. The van der Waals surface area contributed by atoms with Crippen LogP contribution >= 0.6 is 0 Å². The molecule has 0 radical (unpaired) electrons. The number of benzene rings is 1. The number of hydrogen-bond donors (Lipinski definition) is 2. The molecule has 1 unspecified atom stereocenters. The predicted molar refractivity (Wildman–Crippen MR) is 106 cm³/mol. The van der Waals surface area contributed by atoms with E-state index in [1.807, 2.05) is 24.3 Å². The Labute approximate surface area is 163 Å². The van der Waals surface area contributed by atoms with Crippen LogP contribution in [-0.4, -0.2) is 50.3 Å². The zero-order chi connectivity index (χ0) is 19.8. The number of hydrogen-bond acceptors (Lipinski definition) is 4. The zero-order valence-electron chi connectivity index (χ0n) is 15.8.